The van der Waals surface area contributed by atoms with Gasteiger partial charge in [-0.1, -0.05) is 71.9 Å². The van der Waals surface area contributed by atoms with Gasteiger partial charge in [0.1, 0.15) is 12.1 Å². The number of carbonyl (C=O) groups is 3. The minimum Gasteiger partial charge on any atom is -0.354 e. The van der Waals surface area contributed by atoms with Gasteiger partial charge in [-0.2, -0.15) is 0 Å². The molecule has 1 aromatic carbocycles. The zero-order valence-corrected chi connectivity index (χ0v) is 20.0. The van der Waals surface area contributed by atoms with Crippen LogP contribution >= 0.6 is 0 Å². The molecule has 7 nitrogen and oxygen atoms in total. The zero-order chi connectivity index (χ0) is 23.6. The molecule has 31 heavy (non-hydrogen) atoms. The summed E-state index contributed by atoms with van der Waals surface area (Å²) in [4.78, 5) is 38.4. The molecular formula is C24H40N4O3. The highest BCUT2D eigenvalue weighted by Crippen LogP contribution is 2.09. The van der Waals surface area contributed by atoms with Gasteiger partial charge in [0.2, 0.25) is 17.7 Å². The monoisotopic (exact) mass is 432 g/mol. The van der Waals surface area contributed by atoms with Crippen LogP contribution < -0.4 is 21.3 Å². The van der Waals surface area contributed by atoms with Crippen LogP contribution in [0.15, 0.2) is 30.3 Å². The van der Waals surface area contributed by atoms with Gasteiger partial charge >= 0.3 is 0 Å². The first-order chi connectivity index (χ1) is 14.6. The molecule has 0 aliphatic rings. The molecule has 0 spiro atoms. The van der Waals surface area contributed by atoms with Crippen LogP contribution in [0.2, 0.25) is 0 Å². The fraction of sp³-hybridized carbons (Fsp3) is 0.625. The number of nitrogens with one attached hydrogen (secondary N) is 4. The largest absolute Gasteiger partial charge is 0.354 e. The molecule has 0 radical (unpaired) electrons. The number of benzene rings is 1. The molecule has 0 heterocycles. The van der Waals surface area contributed by atoms with Crippen molar-refractivity contribution in [1.82, 2.24) is 21.3 Å². The summed E-state index contributed by atoms with van der Waals surface area (Å²) in [7, 11) is 1.73. The minimum absolute atomic E-state index is 0.0830. The lowest BCUT2D eigenvalue weighted by Gasteiger charge is -2.29. The Hall–Kier alpha value is -2.41. The molecule has 3 amide bonds. The van der Waals surface area contributed by atoms with E-state index in [4.69, 9.17) is 0 Å². The highest BCUT2D eigenvalue weighted by Gasteiger charge is 2.32. The van der Waals surface area contributed by atoms with Crippen LogP contribution in [0.4, 0.5) is 0 Å². The molecule has 0 saturated carbocycles. The van der Waals surface area contributed by atoms with Crippen LogP contribution in [0.25, 0.3) is 0 Å². The Kier molecular flexibility index (Phi) is 11.3. The topological polar surface area (TPSA) is 99.3 Å². The quantitative estimate of drug-likeness (QED) is 0.405. The van der Waals surface area contributed by atoms with Crippen molar-refractivity contribution in [3.05, 3.63) is 35.9 Å². The van der Waals surface area contributed by atoms with E-state index >= 15 is 0 Å². The fourth-order valence-electron chi connectivity index (χ4n) is 3.41. The van der Waals surface area contributed by atoms with E-state index in [1.165, 1.54) is 0 Å². The van der Waals surface area contributed by atoms with E-state index in [9.17, 15) is 14.4 Å². The number of likely N-dealkylation sites (N-methyl/N-ethyl adjacent to an activating group) is 1. The number of hydrogen-bond acceptors (Lipinski definition) is 4. The molecule has 0 aromatic heterocycles. The van der Waals surface area contributed by atoms with E-state index < -0.39 is 18.1 Å². The molecule has 0 aliphatic heterocycles. The third-order valence-electron chi connectivity index (χ3n) is 5.31. The number of carbonyl (C=O) groups excluding carboxylic acids is 3. The summed E-state index contributed by atoms with van der Waals surface area (Å²) in [5.74, 6) is -0.922. The SMILES string of the molecule is CN[C@@H](C(=O)N[C@@H](C(=O)N[C@@H](C(=O)NCCc1ccccc1)C(C)C)C(C)C)C(C)C. The Morgan fingerprint density at radius 3 is 1.61 bits per heavy atom. The van der Waals surface area contributed by atoms with Crippen molar-refractivity contribution in [2.75, 3.05) is 13.6 Å². The average molecular weight is 433 g/mol. The second-order valence-electron chi connectivity index (χ2n) is 9.00. The van der Waals surface area contributed by atoms with Crippen molar-refractivity contribution < 1.29 is 14.4 Å². The third-order valence-corrected chi connectivity index (χ3v) is 5.31. The molecule has 1 aromatic rings. The maximum atomic E-state index is 13.0. The second kappa shape index (κ2) is 13.1. The molecule has 0 bridgehead atoms. The summed E-state index contributed by atoms with van der Waals surface area (Å²) in [5.41, 5.74) is 1.14. The Balaban J connectivity index is 2.75. The van der Waals surface area contributed by atoms with Crippen molar-refractivity contribution >= 4 is 17.7 Å². The predicted molar refractivity (Wildman–Crippen MR) is 124 cm³/mol. The first kappa shape index (κ1) is 26.6. The Morgan fingerprint density at radius 1 is 0.710 bits per heavy atom. The number of rotatable bonds is 12. The van der Waals surface area contributed by atoms with Crippen LogP contribution in [0.1, 0.15) is 47.1 Å². The molecule has 1 rings (SSSR count). The van der Waals surface area contributed by atoms with Crippen LogP contribution in [-0.2, 0) is 20.8 Å². The van der Waals surface area contributed by atoms with Gasteiger partial charge in [0, 0.05) is 6.54 Å². The first-order valence-corrected chi connectivity index (χ1v) is 11.2. The molecule has 3 atom stereocenters. The Bertz CT molecular complexity index is 704. The van der Waals surface area contributed by atoms with Gasteiger partial charge in [0.15, 0.2) is 0 Å². The summed E-state index contributed by atoms with van der Waals surface area (Å²) in [6.45, 7) is 11.9. The third kappa shape index (κ3) is 8.69. The zero-order valence-electron chi connectivity index (χ0n) is 20.0. The van der Waals surface area contributed by atoms with Crippen molar-refractivity contribution in [3.63, 3.8) is 0 Å². The summed E-state index contributed by atoms with van der Waals surface area (Å²) in [5, 5.41) is 11.6. The van der Waals surface area contributed by atoms with Gasteiger partial charge in [-0.15, -0.1) is 0 Å². The molecule has 0 aliphatic carbocycles. The predicted octanol–water partition coefficient (Wildman–Crippen LogP) is 1.87. The molecule has 0 unspecified atom stereocenters. The second-order valence-corrected chi connectivity index (χ2v) is 9.00. The highest BCUT2D eigenvalue weighted by atomic mass is 16.2. The lowest BCUT2D eigenvalue weighted by Crippen LogP contribution is -2.59. The van der Waals surface area contributed by atoms with Crippen LogP contribution in [0, 0.1) is 17.8 Å². The van der Waals surface area contributed by atoms with Crippen molar-refractivity contribution in [2.45, 2.75) is 66.1 Å². The maximum absolute atomic E-state index is 13.0. The Morgan fingerprint density at radius 2 is 1.16 bits per heavy atom. The van der Waals surface area contributed by atoms with E-state index in [0.29, 0.717) is 6.54 Å². The minimum atomic E-state index is -0.722. The molecule has 7 heteroatoms. The van der Waals surface area contributed by atoms with Crippen LogP contribution in [0.3, 0.4) is 0 Å². The highest BCUT2D eigenvalue weighted by molar-refractivity contribution is 5.93. The number of hydrogen-bond donors (Lipinski definition) is 4. The van der Waals surface area contributed by atoms with E-state index in [2.05, 4.69) is 21.3 Å². The first-order valence-electron chi connectivity index (χ1n) is 11.2. The molecule has 0 fully saturated rings. The summed E-state index contributed by atoms with van der Waals surface area (Å²) in [6.07, 6.45) is 0.719. The van der Waals surface area contributed by atoms with Crippen molar-refractivity contribution in [3.8, 4) is 0 Å². The van der Waals surface area contributed by atoms with E-state index in [1.54, 1.807) is 7.05 Å². The molecule has 174 valence electrons. The Labute approximate surface area is 187 Å². The summed E-state index contributed by atoms with van der Waals surface area (Å²) in [6, 6.07) is 8.12. The van der Waals surface area contributed by atoms with Crippen molar-refractivity contribution in [2.24, 2.45) is 17.8 Å². The van der Waals surface area contributed by atoms with Gasteiger partial charge in [-0.25, -0.2) is 0 Å². The maximum Gasteiger partial charge on any atom is 0.243 e. The summed E-state index contributed by atoms with van der Waals surface area (Å²) >= 11 is 0. The lowest BCUT2D eigenvalue weighted by atomic mass is 9.98. The van der Waals surface area contributed by atoms with Crippen LogP contribution in [-0.4, -0.2) is 49.4 Å². The summed E-state index contributed by atoms with van der Waals surface area (Å²) < 4.78 is 0. The van der Waals surface area contributed by atoms with E-state index in [0.717, 1.165) is 12.0 Å². The average Bonchev–Trinajstić information content (AvgIpc) is 2.70. The van der Waals surface area contributed by atoms with E-state index in [1.807, 2.05) is 71.9 Å². The van der Waals surface area contributed by atoms with Gasteiger partial charge < -0.3 is 21.3 Å². The molecule has 4 N–H and O–H groups in total. The van der Waals surface area contributed by atoms with Gasteiger partial charge in [-0.05, 0) is 36.8 Å². The molecular weight excluding hydrogens is 392 g/mol. The number of amides is 3. The van der Waals surface area contributed by atoms with Crippen molar-refractivity contribution in [1.29, 1.82) is 0 Å². The van der Waals surface area contributed by atoms with E-state index in [-0.39, 0.29) is 35.5 Å². The fourth-order valence-corrected chi connectivity index (χ4v) is 3.41. The molecule has 0 saturated heterocycles. The lowest BCUT2D eigenvalue weighted by molar-refractivity contribution is -0.134. The smallest absolute Gasteiger partial charge is 0.243 e. The van der Waals surface area contributed by atoms with Crippen LogP contribution in [0.5, 0.6) is 0 Å². The van der Waals surface area contributed by atoms with Gasteiger partial charge in [0.25, 0.3) is 0 Å². The van der Waals surface area contributed by atoms with Gasteiger partial charge in [0.05, 0.1) is 6.04 Å². The standard InChI is InChI=1S/C24H40N4O3/c1-15(2)19(25-7)23(30)28-21(17(5)6)24(31)27-20(16(3)4)22(29)26-14-13-18-11-9-8-10-12-18/h8-12,15-17,19-21,25H,13-14H2,1-7H3,(H,26,29)(H,27,31)(H,28,30)/t19-,20-,21-/m1/s1. The van der Waals surface area contributed by atoms with Gasteiger partial charge in [-0.3, -0.25) is 14.4 Å². The normalized spacial score (nSPS) is 14.3.